The van der Waals surface area contributed by atoms with Gasteiger partial charge in [0, 0.05) is 16.5 Å². The van der Waals surface area contributed by atoms with Crippen molar-refractivity contribution in [3.63, 3.8) is 0 Å². The molecule has 0 fully saturated rings. The van der Waals surface area contributed by atoms with Crippen LogP contribution in [-0.4, -0.2) is 5.11 Å². The molecule has 0 bridgehead atoms. The Morgan fingerprint density at radius 3 is 2.88 bits per heavy atom. The molecule has 1 aromatic carbocycles. The summed E-state index contributed by atoms with van der Waals surface area (Å²) in [6.45, 7) is 0. The number of benzene rings is 1. The highest BCUT2D eigenvalue weighted by Gasteiger charge is 2.29. The van der Waals surface area contributed by atoms with Gasteiger partial charge >= 0.3 is 0 Å². The zero-order valence-corrected chi connectivity index (χ0v) is 11.4. The zero-order valence-electron chi connectivity index (χ0n) is 8.97. The third kappa shape index (κ3) is 2.01. The number of hydrogen-bond donors (Lipinski definition) is 1. The normalized spacial score (nSPS) is 22.9. The van der Waals surface area contributed by atoms with E-state index in [1.54, 1.807) is 11.3 Å². The van der Waals surface area contributed by atoms with Crippen molar-refractivity contribution < 1.29 is 9.84 Å². The number of fused-ring (bicyclic) bond motifs is 1. The summed E-state index contributed by atoms with van der Waals surface area (Å²) < 4.78 is 7.00. The highest BCUT2D eigenvalue weighted by Crippen LogP contribution is 2.43. The van der Waals surface area contributed by atoms with Crippen molar-refractivity contribution in [1.29, 1.82) is 0 Å². The van der Waals surface area contributed by atoms with Crippen molar-refractivity contribution in [1.82, 2.24) is 0 Å². The first-order valence-electron chi connectivity index (χ1n) is 5.42. The highest BCUT2D eigenvalue weighted by atomic mass is 79.9. The SMILES string of the molecule is OC1CC(c2sccc2Br)Oc2ccccc21. The van der Waals surface area contributed by atoms with Crippen molar-refractivity contribution in [3.05, 3.63) is 50.6 Å². The Labute approximate surface area is 112 Å². The summed E-state index contributed by atoms with van der Waals surface area (Å²) in [5.41, 5.74) is 0.886. The van der Waals surface area contributed by atoms with E-state index in [1.165, 1.54) is 0 Å². The van der Waals surface area contributed by atoms with Crippen LogP contribution in [0.2, 0.25) is 0 Å². The summed E-state index contributed by atoms with van der Waals surface area (Å²) in [6.07, 6.45) is 0.101. The minimum Gasteiger partial charge on any atom is -0.484 e. The fourth-order valence-corrected chi connectivity index (χ4v) is 3.76. The molecular weight excluding hydrogens is 300 g/mol. The molecule has 1 aromatic heterocycles. The average molecular weight is 311 g/mol. The smallest absolute Gasteiger partial charge is 0.137 e. The lowest BCUT2D eigenvalue weighted by Gasteiger charge is -2.29. The lowest BCUT2D eigenvalue weighted by Crippen LogP contribution is -2.18. The molecule has 0 radical (unpaired) electrons. The van der Waals surface area contributed by atoms with Crippen LogP contribution in [0.4, 0.5) is 0 Å². The minimum atomic E-state index is -0.445. The van der Waals surface area contributed by atoms with E-state index in [-0.39, 0.29) is 6.10 Å². The van der Waals surface area contributed by atoms with Crippen molar-refractivity contribution in [2.45, 2.75) is 18.6 Å². The molecule has 2 unspecified atom stereocenters. The Hall–Kier alpha value is -0.840. The number of aliphatic hydroxyl groups excluding tert-OH is 1. The molecule has 88 valence electrons. The number of hydrogen-bond acceptors (Lipinski definition) is 3. The number of halogens is 1. The van der Waals surface area contributed by atoms with E-state index >= 15 is 0 Å². The molecule has 0 aliphatic carbocycles. The van der Waals surface area contributed by atoms with E-state index in [1.807, 2.05) is 35.7 Å². The summed E-state index contributed by atoms with van der Waals surface area (Å²) in [4.78, 5) is 1.14. The van der Waals surface area contributed by atoms with Gasteiger partial charge in [0.15, 0.2) is 0 Å². The van der Waals surface area contributed by atoms with Gasteiger partial charge in [0.25, 0.3) is 0 Å². The largest absolute Gasteiger partial charge is 0.484 e. The number of para-hydroxylation sites is 1. The van der Waals surface area contributed by atoms with E-state index in [0.717, 1.165) is 20.7 Å². The molecule has 3 rings (SSSR count). The third-order valence-corrected chi connectivity index (χ3v) is 4.88. The standard InChI is InChI=1S/C13H11BrO2S/c14-9-5-6-17-13(9)12-7-10(15)8-3-1-2-4-11(8)16-12/h1-6,10,12,15H,7H2. The van der Waals surface area contributed by atoms with Crippen LogP contribution in [0.5, 0.6) is 5.75 Å². The number of thiophene rings is 1. The summed E-state index contributed by atoms with van der Waals surface area (Å²) in [5, 5.41) is 12.2. The molecule has 1 aliphatic rings. The first-order chi connectivity index (χ1) is 8.25. The Bertz CT molecular complexity index is 538. The number of rotatable bonds is 1. The summed E-state index contributed by atoms with van der Waals surface area (Å²) in [5.74, 6) is 0.788. The maximum Gasteiger partial charge on any atom is 0.137 e. The van der Waals surface area contributed by atoms with Gasteiger partial charge < -0.3 is 9.84 Å². The first kappa shape index (κ1) is 11.3. The maximum absolute atomic E-state index is 10.1. The van der Waals surface area contributed by atoms with Gasteiger partial charge in [-0.2, -0.15) is 0 Å². The van der Waals surface area contributed by atoms with Crippen LogP contribution in [0.3, 0.4) is 0 Å². The van der Waals surface area contributed by atoms with Crippen molar-refractivity contribution in [2.24, 2.45) is 0 Å². The molecule has 17 heavy (non-hydrogen) atoms. The zero-order chi connectivity index (χ0) is 11.8. The molecule has 2 aromatic rings. The summed E-state index contributed by atoms with van der Waals surface area (Å²) in [6, 6.07) is 9.69. The fourth-order valence-electron chi connectivity index (χ4n) is 2.09. The van der Waals surface area contributed by atoms with Crippen LogP contribution in [0.25, 0.3) is 0 Å². The molecule has 0 saturated carbocycles. The molecule has 0 saturated heterocycles. The predicted octanol–water partition coefficient (Wildman–Crippen LogP) is 4.07. The van der Waals surface area contributed by atoms with Crippen molar-refractivity contribution in [3.8, 4) is 5.75 Å². The molecule has 1 aliphatic heterocycles. The van der Waals surface area contributed by atoms with E-state index in [4.69, 9.17) is 4.74 Å². The average Bonchev–Trinajstić information content (AvgIpc) is 2.75. The Kier molecular flexibility index (Phi) is 2.94. The monoisotopic (exact) mass is 310 g/mol. The van der Waals surface area contributed by atoms with Gasteiger partial charge in [0.1, 0.15) is 11.9 Å². The van der Waals surface area contributed by atoms with Crippen LogP contribution in [0, 0.1) is 0 Å². The predicted molar refractivity (Wildman–Crippen MR) is 71.4 cm³/mol. The Morgan fingerprint density at radius 2 is 2.12 bits per heavy atom. The van der Waals surface area contributed by atoms with E-state index in [9.17, 15) is 5.11 Å². The quantitative estimate of drug-likeness (QED) is 0.860. The third-order valence-electron chi connectivity index (χ3n) is 2.92. The van der Waals surface area contributed by atoms with Crippen LogP contribution in [0.1, 0.15) is 29.1 Å². The van der Waals surface area contributed by atoms with Crippen LogP contribution < -0.4 is 4.74 Å². The maximum atomic E-state index is 10.1. The van der Waals surface area contributed by atoms with Crippen LogP contribution in [0.15, 0.2) is 40.2 Å². The van der Waals surface area contributed by atoms with E-state index in [0.29, 0.717) is 6.42 Å². The van der Waals surface area contributed by atoms with Gasteiger partial charge in [-0.1, -0.05) is 18.2 Å². The summed E-state index contributed by atoms with van der Waals surface area (Å²) >= 11 is 5.16. The van der Waals surface area contributed by atoms with Gasteiger partial charge in [0.05, 0.1) is 11.0 Å². The van der Waals surface area contributed by atoms with Gasteiger partial charge in [-0.15, -0.1) is 11.3 Å². The van der Waals surface area contributed by atoms with Crippen molar-refractivity contribution in [2.75, 3.05) is 0 Å². The molecule has 2 atom stereocenters. The second-order valence-corrected chi connectivity index (χ2v) is 5.83. The van der Waals surface area contributed by atoms with Crippen LogP contribution >= 0.6 is 27.3 Å². The first-order valence-corrected chi connectivity index (χ1v) is 7.09. The number of aliphatic hydroxyl groups is 1. The van der Waals surface area contributed by atoms with Crippen molar-refractivity contribution >= 4 is 27.3 Å². The highest BCUT2D eigenvalue weighted by molar-refractivity contribution is 9.10. The lowest BCUT2D eigenvalue weighted by molar-refractivity contribution is 0.0671. The second-order valence-electron chi connectivity index (χ2n) is 4.03. The molecule has 4 heteroatoms. The molecule has 1 N–H and O–H groups in total. The molecular formula is C13H11BrO2S. The summed E-state index contributed by atoms with van der Waals surface area (Å²) in [7, 11) is 0. The number of ether oxygens (including phenoxy) is 1. The molecule has 0 spiro atoms. The fraction of sp³-hybridized carbons (Fsp3) is 0.231. The minimum absolute atomic E-state index is 0.0609. The van der Waals surface area contributed by atoms with Gasteiger partial charge in [-0.3, -0.25) is 0 Å². The van der Waals surface area contributed by atoms with E-state index < -0.39 is 6.10 Å². The lowest BCUT2D eigenvalue weighted by atomic mass is 9.98. The van der Waals surface area contributed by atoms with Gasteiger partial charge in [-0.05, 0) is 33.4 Å². The van der Waals surface area contributed by atoms with Gasteiger partial charge in [0.2, 0.25) is 0 Å². The van der Waals surface area contributed by atoms with Gasteiger partial charge in [-0.25, -0.2) is 0 Å². The topological polar surface area (TPSA) is 29.5 Å². The molecule has 2 nitrogen and oxygen atoms in total. The Morgan fingerprint density at radius 1 is 1.29 bits per heavy atom. The molecule has 0 amide bonds. The van der Waals surface area contributed by atoms with E-state index in [2.05, 4.69) is 15.9 Å². The van der Waals surface area contributed by atoms with Crippen LogP contribution in [-0.2, 0) is 0 Å². The Balaban J connectivity index is 1.96. The second kappa shape index (κ2) is 4.44. The molecule has 2 heterocycles.